The van der Waals surface area contributed by atoms with Crippen LogP contribution in [-0.2, 0) is 24.6 Å². The normalized spacial score (nSPS) is 18.8. The van der Waals surface area contributed by atoms with Gasteiger partial charge in [0.2, 0.25) is 11.9 Å². The van der Waals surface area contributed by atoms with E-state index in [9.17, 15) is 14.7 Å². The molecule has 1 aliphatic heterocycles. The summed E-state index contributed by atoms with van der Waals surface area (Å²) in [5, 5.41) is 14.4. The van der Waals surface area contributed by atoms with E-state index in [2.05, 4.69) is 26.2 Å². The number of nitrogens with zero attached hydrogens (tertiary/aromatic N) is 3. The van der Waals surface area contributed by atoms with Crippen molar-refractivity contribution in [3.8, 4) is 23.8 Å². The van der Waals surface area contributed by atoms with Gasteiger partial charge in [-0.2, -0.15) is 4.98 Å². The molecule has 4 atom stereocenters. The summed E-state index contributed by atoms with van der Waals surface area (Å²) >= 11 is 0. The van der Waals surface area contributed by atoms with E-state index in [1.807, 2.05) is 78.9 Å². The second-order valence-electron chi connectivity index (χ2n) is 12.2. The van der Waals surface area contributed by atoms with E-state index in [0.29, 0.717) is 11.5 Å². The third-order valence-electron chi connectivity index (χ3n) is 8.78. The van der Waals surface area contributed by atoms with Crippen molar-refractivity contribution in [3.63, 3.8) is 0 Å². The molecule has 0 radical (unpaired) electrons. The smallest absolute Gasteiger partial charge is 0.280 e. The predicted molar refractivity (Wildman–Crippen MR) is 188 cm³/mol. The van der Waals surface area contributed by atoms with Crippen molar-refractivity contribution < 1.29 is 33.6 Å². The highest BCUT2D eigenvalue weighted by atomic mass is 16.6. The summed E-state index contributed by atoms with van der Waals surface area (Å²) in [5.74, 6) is 3.04. The minimum Gasteiger partial charge on any atom is -0.497 e. The van der Waals surface area contributed by atoms with Crippen molar-refractivity contribution >= 4 is 23.0 Å². The molecule has 13 heteroatoms. The van der Waals surface area contributed by atoms with Crippen molar-refractivity contribution in [1.29, 1.82) is 0 Å². The van der Waals surface area contributed by atoms with Gasteiger partial charge in [-0.1, -0.05) is 74.4 Å². The molecule has 0 bridgehead atoms. The molecule has 0 spiro atoms. The zero-order chi connectivity index (χ0) is 36.1. The first-order chi connectivity index (χ1) is 24.7. The first-order valence-corrected chi connectivity index (χ1v) is 16.3. The number of aliphatic hydroxyl groups excluding tert-OH is 1. The highest BCUT2D eigenvalue weighted by Crippen LogP contribution is 2.43. The zero-order valence-electron chi connectivity index (χ0n) is 28.6. The van der Waals surface area contributed by atoms with Crippen LogP contribution in [0.25, 0.3) is 11.2 Å². The van der Waals surface area contributed by atoms with E-state index in [1.54, 1.807) is 28.1 Å². The number of benzene rings is 3. The van der Waals surface area contributed by atoms with Gasteiger partial charge in [-0.15, -0.1) is 6.42 Å². The Bertz CT molecular complexity index is 2010. The summed E-state index contributed by atoms with van der Waals surface area (Å²) in [6.07, 6.45) is 2.71. The van der Waals surface area contributed by atoms with Gasteiger partial charge in [0, 0.05) is 5.92 Å². The Hall–Kier alpha value is -5.52. The number of hydrogen-bond donors (Lipinski definition) is 3. The summed E-state index contributed by atoms with van der Waals surface area (Å²) in [5.41, 5.74) is 0.784. The number of aromatic nitrogens is 4. The van der Waals surface area contributed by atoms with Crippen molar-refractivity contribution in [2.45, 2.75) is 44.0 Å². The minimum atomic E-state index is -1.23. The fraction of sp³-hybridized carbons (Fsp3) is 0.316. The Kier molecular flexibility index (Phi) is 10.5. The molecular formula is C38H39N5O8. The number of fused-ring (bicyclic) bond motifs is 1. The number of imidazole rings is 1. The topological polar surface area (TPSA) is 159 Å². The van der Waals surface area contributed by atoms with Crippen LogP contribution in [0.1, 0.15) is 36.8 Å². The molecule has 3 aromatic carbocycles. The molecule has 5 aromatic rings. The van der Waals surface area contributed by atoms with Crippen LogP contribution in [0, 0.1) is 18.3 Å². The molecule has 1 fully saturated rings. The standard InChI is InChI=1S/C38H39N5O8/c1-6-20-49-32-31(44)29(51-36(32)43-22-39-30-33(43)40-37(42-35(30)46)41-34(45)23(2)3)21-50-38(24-10-8-7-9-11-24,25-12-16-27(47-4)17-13-25)26-14-18-28(48-5)19-15-26/h1,7-19,22-23,29,31-32,36,44H,20-21H2,2-5H3,(H2,40,41,42,45,46)/t29-,31?,32+,36-/m1/s1. The lowest BCUT2D eigenvalue weighted by Crippen LogP contribution is -2.40. The van der Waals surface area contributed by atoms with Crippen LogP contribution in [-0.4, -0.2) is 76.3 Å². The van der Waals surface area contributed by atoms with Crippen molar-refractivity contribution in [2.24, 2.45) is 5.92 Å². The van der Waals surface area contributed by atoms with Gasteiger partial charge in [0.25, 0.3) is 5.56 Å². The summed E-state index contributed by atoms with van der Waals surface area (Å²) in [6, 6.07) is 24.9. The maximum atomic E-state index is 13.0. The van der Waals surface area contributed by atoms with E-state index in [1.165, 1.54) is 10.9 Å². The molecule has 1 aliphatic rings. The Morgan fingerprint density at radius 1 is 1.02 bits per heavy atom. The molecule has 3 N–H and O–H groups in total. The van der Waals surface area contributed by atoms with Gasteiger partial charge in [0.1, 0.15) is 42.0 Å². The third kappa shape index (κ3) is 6.95. The molecule has 6 rings (SSSR count). The number of H-pyrrole nitrogens is 1. The van der Waals surface area contributed by atoms with Gasteiger partial charge in [0.15, 0.2) is 17.4 Å². The lowest BCUT2D eigenvalue weighted by molar-refractivity contribution is -0.118. The zero-order valence-corrected chi connectivity index (χ0v) is 28.6. The van der Waals surface area contributed by atoms with Crippen LogP contribution < -0.4 is 20.3 Å². The fourth-order valence-electron chi connectivity index (χ4n) is 6.12. The second-order valence-corrected chi connectivity index (χ2v) is 12.2. The van der Waals surface area contributed by atoms with Gasteiger partial charge in [-0.05, 0) is 41.0 Å². The summed E-state index contributed by atoms with van der Waals surface area (Å²) in [7, 11) is 3.20. The molecule has 2 aromatic heterocycles. The van der Waals surface area contributed by atoms with Crippen LogP contribution in [0.2, 0.25) is 0 Å². The van der Waals surface area contributed by atoms with Crippen molar-refractivity contribution in [1.82, 2.24) is 19.5 Å². The number of ether oxygens (including phenoxy) is 5. The number of carbonyl (C=O) groups excluding carboxylic acids is 1. The SMILES string of the molecule is C#CCO[C@H]1C(O)[C@@H](COC(c2ccccc2)(c2ccc(OC)cc2)c2ccc(OC)cc2)O[C@H]1n1cnc2c(=O)[nH]c(NC(=O)C(C)C)nc21. The number of terminal acetylenes is 1. The molecule has 1 saturated heterocycles. The number of methoxy groups -OCH3 is 2. The van der Waals surface area contributed by atoms with Crippen LogP contribution in [0.4, 0.5) is 5.95 Å². The lowest BCUT2D eigenvalue weighted by Gasteiger charge is -2.37. The lowest BCUT2D eigenvalue weighted by atomic mass is 9.80. The Labute approximate surface area is 294 Å². The van der Waals surface area contributed by atoms with Crippen LogP contribution >= 0.6 is 0 Å². The average Bonchev–Trinajstić information content (AvgIpc) is 3.72. The predicted octanol–water partition coefficient (Wildman–Crippen LogP) is 4.02. The van der Waals surface area contributed by atoms with Crippen LogP contribution in [0.15, 0.2) is 90.0 Å². The maximum absolute atomic E-state index is 13.0. The number of hydrogen-bond acceptors (Lipinski definition) is 10. The number of carbonyl (C=O) groups is 1. The maximum Gasteiger partial charge on any atom is 0.280 e. The first-order valence-electron chi connectivity index (χ1n) is 16.3. The Morgan fingerprint density at radius 2 is 1.63 bits per heavy atom. The van der Waals surface area contributed by atoms with Crippen molar-refractivity contribution in [2.75, 3.05) is 32.8 Å². The monoisotopic (exact) mass is 693 g/mol. The Balaban J connectivity index is 1.40. The van der Waals surface area contributed by atoms with E-state index in [4.69, 9.17) is 30.1 Å². The average molecular weight is 694 g/mol. The van der Waals surface area contributed by atoms with Crippen LogP contribution in [0.5, 0.6) is 11.5 Å². The van der Waals surface area contributed by atoms with Gasteiger partial charge in [0.05, 0.1) is 27.2 Å². The Morgan fingerprint density at radius 3 is 2.20 bits per heavy atom. The molecule has 0 saturated carbocycles. The molecule has 1 unspecified atom stereocenters. The molecule has 3 heterocycles. The molecular weight excluding hydrogens is 654 g/mol. The van der Waals surface area contributed by atoms with E-state index < -0.39 is 35.7 Å². The highest BCUT2D eigenvalue weighted by Gasteiger charge is 2.48. The molecule has 13 nitrogen and oxygen atoms in total. The summed E-state index contributed by atoms with van der Waals surface area (Å²) in [4.78, 5) is 36.6. The molecule has 1 amide bonds. The highest BCUT2D eigenvalue weighted by molar-refractivity contribution is 5.91. The number of aliphatic hydroxyl groups is 1. The molecule has 51 heavy (non-hydrogen) atoms. The first kappa shape index (κ1) is 35.3. The largest absolute Gasteiger partial charge is 0.497 e. The van der Waals surface area contributed by atoms with E-state index >= 15 is 0 Å². The number of anilines is 1. The van der Waals surface area contributed by atoms with Gasteiger partial charge in [-0.25, -0.2) is 4.98 Å². The molecule has 0 aliphatic carbocycles. The molecule has 264 valence electrons. The number of nitrogens with one attached hydrogen (secondary N) is 2. The summed E-state index contributed by atoms with van der Waals surface area (Å²) in [6.45, 7) is 3.19. The van der Waals surface area contributed by atoms with Crippen LogP contribution in [0.3, 0.4) is 0 Å². The van der Waals surface area contributed by atoms with Gasteiger partial charge in [-0.3, -0.25) is 24.5 Å². The number of amides is 1. The van der Waals surface area contributed by atoms with Gasteiger partial charge >= 0.3 is 0 Å². The third-order valence-corrected chi connectivity index (χ3v) is 8.78. The summed E-state index contributed by atoms with van der Waals surface area (Å²) < 4.78 is 31.8. The van der Waals surface area contributed by atoms with E-state index in [0.717, 1.165) is 16.7 Å². The quantitative estimate of drug-likeness (QED) is 0.122. The van der Waals surface area contributed by atoms with Crippen molar-refractivity contribution in [3.05, 3.63) is 112 Å². The number of aromatic amines is 1. The minimum absolute atomic E-state index is 0.00754. The second kappa shape index (κ2) is 15.2. The number of rotatable bonds is 13. The van der Waals surface area contributed by atoms with E-state index in [-0.39, 0.29) is 42.2 Å². The fourth-order valence-corrected chi connectivity index (χ4v) is 6.12. The van der Waals surface area contributed by atoms with Gasteiger partial charge < -0.3 is 28.8 Å².